The van der Waals surface area contributed by atoms with Gasteiger partial charge in [-0.2, -0.15) is 0 Å². The van der Waals surface area contributed by atoms with Gasteiger partial charge in [0.15, 0.2) is 0 Å². The Morgan fingerprint density at radius 3 is 2.27 bits per heavy atom. The first-order chi connectivity index (χ1) is 16.0. The van der Waals surface area contributed by atoms with Crippen molar-refractivity contribution < 1.29 is 28.6 Å². The van der Waals surface area contributed by atoms with Crippen LogP contribution in [0.1, 0.15) is 31.2 Å². The van der Waals surface area contributed by atoms with Gasteiger partial charge >= 0.3 is 17.9 Å². The third-order valence-electron chi connectivity index (χ3n) is 5.08. The van der Waals surface area contributed by atoms with Crippen molar-refractivity contribution in [2.75, 3.05) is 14.2 Å². The van der Waals surface area contributed by atoms with Crippen LogP contribution in [0.2, 0.25) is 0 Å². The molecule has 0 bridgehead atoms. The monoisotopic (exact) mass is 465 g/mol. The number of carbonyl (C=O) groups excluding carboxylic acids is 3. The van der Waals surface area contributed by atoms with E-state index in [1.165, 1.54) is 11.7 Å². The van der Waals surface area contributed by atoms with E-state index >= 15 is 0 Å². The van der Waals surface area contributed by atoms with Crippen molar-refractivity contribution in [2.24, 2.45) is 0 Å². The number of ether oxygens (including phenoxy) is 3. The number of hydrogen-bond acceptors (Lipinski definition) is 8. The zero-order valence-electron chi connectivity index (χ0n) is 17.8. The van der Waals surface area contributed by atoms with Crippen LogP contribution in [0, 0.1) is 0 Å². The van der Waals surface area contributed by atoms with Crippen molar-refractivity contribution in [1.82, 2.24) is 4.57 Å². The highest BCUT2D eigenvalue weighted by Gasteiger charge is 2.34. The molecule has 33 heavy (non-hydrogen) atoms. The van der Waals surface area contributed by atoms with E-state index in [9.17, 15) is 19.2 Å². The van der Waals surface area contributed by atoms with Crippen molar-refractivity contribution >= 4 is 39.5 Å². The summed E-state index contributed by atoms with van der Waals surface area (Å²) in [5.41, 5.74) is 0.466. The molecule has 0 amide bonds. The van der Waals surface area contributed by atoms with Crippen LogP contribution in [0.3, 0.4) is 0 Å². The molecule has 0 spiro atoms. The van der Waals surface area contributed by atoms with Gasteiger partial charge < -0.3 is 14.2 Å². The molecule has 2 heterocycles. The second-order valence-corrected chi connectivity index (χ2v) is 8.10. The predicted octanol–water partition coefficient (Wildman–Crippen LogP) is 3.35. The van der Waals surface area contributed by atoms with Crippen LogP contribution in [-0.4, -0.2) is 36.7 Å². The van der Waals surface area contributed by atoms with E-state index in [1.807, 2.05) is 18.2 Å². The van der Waals surface area contributed by atoms with Gasteiger partial charge in [-0.05, 0) is 17.7 Å². The summed E-state index contributed by atoms with van der Waals surface area (Å²) in [5, 5.41) is 0. The van der Waals surface area contributed by atoms with Crippen LogP contribution in [0.5, 0.6) is 0 Å². The van der Waals surface area contributed by atoms with Crippen molar-refractivity contribution in [3.63, 3.8) is 0 Å². The summed E-state index contributed by atoms with van der Waals surface area (Å²) in [6.07, 6.45) is -0.461. The van der Waals surface area contributed by atoms with E-state index in [4.69, 9.17) is 14.2 Å². The number of carbonyl (C=O) groups is 3. The smallest absolute Gasteiger partial charge is 0.350 e. The van der Waals surface area contributed by atoms with Crippen molar-refractivity contribution in [1.29, 1.82) is 0 Å². The van der Waals surface area contributed by atoms with Crippen LogP contribution in [0.25, 0.3) is 15.9 Å². The minimum Gasteiger partial charge on any atom is -0.465 e. The van der Waals surface area contributed by atoms with E-state index < -0.39 is 29.9 Å². The fourth-order valence-corrected chi connectivity index (χ4v) is 4.67. The van der Waals surface area contributed by atoms with Gasteiger partial charge in [0.25, 0.3) is 5.56 Å². The molecule has 9 heteroatoms. The lowest BCUT2D eigenvalue weighted by molar-refractivity contribution is -0.144. The molecule has 2 aromatic rings. The molecule has 8 nitrogen and oxygen atoms in total. The molecule has 2 aromatic carbocycles. The number of rotatable bonds is 6. The third-order valence-corrected chi connectivity index (χ3v) is 6.21. The Labute approximate surface area is 192 Å². The minimum absolute atomic E-state index is 0.0210. The van der Waals surface area contributed by atoms with E-state index in [-0.39, 0.29) is 28.3 Å². The third kappa shape index (κ3) is 4.10. The number of fused-ring (bicyclic) bond motifs is 3. The van der Waals surface area contributed by atoms with Gasteiger partial charge in [-0.1, -0.05) is 42.5 Å². The van der Waals surface area contributed by atoms with Crippen LogP contribution < -0.4 is 5.56 Å². The highest BCUT2D eigenvalue weighted by Crippen LogP contribution is 2.34. The molecule has 0 unspecified atom stereocenters. The number of benzene rings is 2. The Bertz CT molecular complexity index is 1390. The SMILES string of the molecule is COC(=O)c1sc2ccccc2n2c(=O)c(CC(=O)OCc3ccccc3)c(C(=O)OC)c1-2. The molecule has 0 N–H and O–H groups in total. The summed E-state index contributed by atoms with van der Waals surface area (Å²) in [7, 11) is 2.37. The first-order valence-electron chi connectivity index (χ1n) is 9.91. The van der Waals surface area contributed by atoms with Gasteiger partial charge in [-0.15, -0.1) is 11.3 Å². The first kappa shape index (κ1) is 22.2. The Morgan fingerprint density at radius 2 is 1.58 bits per heavy atom. The molecule has 0 aromatic heterocycles. The minimum atomic E-state index is -0.840. The van der Waals surface area contributed by atoms with E-state index in [0.29, 0.717) is 10.2 Å². The lowest BCUT2D eigenvalue weighted by Gasteiger charge is -2.13. The van der Waals surface area contributed by atoms with E-state index in [1.54, 1.807) is 36.4 Å². The zero-order valence-corrected chi connectivity index (χ0v) is 18.6. The average Bonchev–Trinajstić information content (AvgIpc) is 3.14. The van der Waals surface area contributed by atoms with Gasteiger partial charge in [0.2, 0.25) is 0 Å². The largest absolute Gasteiger partial charge is 0.465 e. The molecule has 2 aliphatic rings. The molecule has 4 rings (SSSR count). The number of para-hydroxylation sites is 1. The van der Waals surface area contributed by atoms with Crippen molar-refractivity contribution in [2.45, 2.75) is 13.0 Å². The van der Waals surface area contributed by atoms with Gasteiger partial charge in [0.1, 0.15) is 11.5 Å². The highest BCUT2D eigenvalue weighted by atomic mass is 32.1. The van der Waals surface area contributed by atoms with Crippen LogP contribution in [-0.2, 0) is 32.0 Å². The lowest BCUT2D eigenvalue weighted by Crippen LogP contribution is -2.20. The Balaban J connectivity index is 1.87. The average molecular weight is 465 g/mol. The molecule has 0 fully saturated rings. The summed E-state index contributed by atoms with van der Waals surface area (Å²) < 4.78 is 17.0. The molecule has 0 aliphatic carbocycles. The molecule has 0 saturated carbocycles. The molecule has 0 radical (unpaired) electrons. The van der Waals surface area contributed by atoms with Gasteiger partial charge in [-0.3, -0.25) is 14.2 Å². The predicted molar refractivity (Wildman–Crippen MR) is 121 cm³/mol. The van der Waals surface area contributed by atoms with E-state index in [2.05, 4.69) is 0 Å². The number of methoxy groups -OCH3 is 2. The summed E-state index contributed by atoms with van der Waals surface area (Å²) in [6, 6.07) is 16.0. The van der Waals surface area contributed by atoms with Crippen molar-refractivity contribution in [3.8, 4) is 5.69 Å². The molecule has 168 valence electrons. The standard InChI is InChI=1S/C24H19NO7S/c1-30-23(28)19-15(12-18(26)32-13-14-8-4-3-5-9-14)22(27)25-16-10-6-7-11-17(16)33-21(20(19)25)24(29)31-2/h3-11H,12-13H2,1-2H3. The second kappa shape index (κ2) is 9.25. The number of esters is 3. The quantitative estimate of drug-likeness (QED) is 0.318. The lowest BCUT2D eigenvalue weighted by atomic mass is 10.1. The maximum absolute atomic E-state index is 13.5. The molecule has 0 atom stereocenters. The van der Waals surface area contributed by atoms with Gasteiger partial charge in [0, 0.05) is 5.56 Å². The number of hydrogen-bond donors (Lipinski definition) is 0. The Morgan fingerprint density at radius 1 is 0.909 bits per heavy atom. The summed E-state index contributed by atoms with van der Waals surface area (Å²) in [4.78, 5) is 51.4. The van der Waals surface area contributed by atoms with Crippen LogP contribution >= 0.6 is 11.3 Å². The van der Waals surface area contributed by atoms with Crippen LogP contribution in [0.4, 0.5) is 0 Å². The summed E-state index contributed by atoms with van der Waals surface area (Å²) in [6.45, 7) is 0.0210. The summed E-state index contributed by atoms with van der Waals surface area (Å²) in [5.74, 6) is -2.24. The van der Waals surface area contributed by atoms with E-state index in [0.717, 1.165) is 24.0 Å². The topological polar surface area (TPSA) is 101 Å². The Hall–Kier alpha value is -3.98. The summed E-state index contributed by atoms with van der Waals surface area (Å²) >= 11 is 1.08. The fraction of sp³-hybridized carbons (Fsp3) is 0.167. The Kier molecular flexibility index (Phi) is 6.23. The highest BCUT2D eigenvalue weighted by molar-refractivity contribution is 7.20. The molecular weight excluding hydrogens is 446 g/mol. The first-order valence-corrected chi connectivity index (χ1v) is 10.7. The molecule has 2 aliphatic heterocycles. The number of aromatic nitrogens is 1. The maximum atomic E-state index is 13.5. The normalized spacial score (nSPS) is 10.8. The number of nitrogens with zero attached hydrogens (tertiary/aromatic N) is 1. The fourth-order valence-electron chi connectivity index (χ4n) is 3.58. The van der Waals surface area contributed by atoms with Gasteiger partial charge in [-0.25, -0.2) is 9.59 Å². The van der Waals surface area contributed by atoms with Gasteiger partial charge in [0.05, 0.1) is 42.1 Å². The van der Waals surface area contributed by atoms with Crippen molar-refractivity contribution in [3.05, 3.63) is 86.5 Å². The molecule has 0 saturated heterocycles. The zero-order chi connectivity index (χ0) is 23.5. The van der Waals surface area contributed by atoms with Crippen LogP contribution in [0.15, 0.2) is 59.4 Å². The molecular formula is C24H19NO7S. The second-order valence-electron chi connectivity index (χ2n) is 7.05. The maximum Gasteiger partial charge on any atom is 0.350 e.